The summed E-state index contributed by atoms with van der Waals surface area (Å²) in [4.78, 5) is 8.16. The lowest BCUT2D eigenvalue weighted by Crippen LogP contribution is -2.25. The Morgan fingerprint density at radius 3 is 2.71 bits per heavy atom. The van der Waals surface area contributed by atoms with E-state index < -0.39 is 0 Å². The van der Waals surface area contributed by atoms with Crippen molar-refractivity contribution in [2.75, 3.05) is 13.7 Å². The van der Waals surface area contributed by atoms with Crippen molar-refractivity contribution in [3.8, 4) is 5.88 Å². The first kappa shape index (κ1) is 13.9. The molecule has 0 aliphatic rings. The summed E-state index contributed by atoms with van der Waals surface area (Å²) in [6.45, 7) is 6.14. The Balaban J connectivity index is 2.59. The van der Waals surface area contributed by atoms with Gasteiger partial charge >= 0.3 is 0 Å². The summed E-state index contributed by atoms with van der Waals surface area (Å²) in [5.74, 6) is 1.08. The number of hydrogen-bond donors (Lipinski definition) is 1. The van der Waals surface area contributed by atoms with Gasteiger partial charge in [0.15, 0.2) is 0 Å². The molecule has 0 spiro atoms. The molecule has 0 bridgehead atoms. The molecule has 0 aliphatic heterocycles. The van der Waals surface area contributed by atoms with Crippen molar-refractivity contribution in [2.45, 2.75) is 39.4 Å². The van der Waals surface area contributed by atoms with Crippen molar-refractivity contribution in [3.63, 3.8) is 0 Å². The van der Waals surface area contributed by atoms with E-state index in [0.717, 1.165) is 6.42 Å². The van der Waals surface area contributed by atoms with Gasteiger partial charge in [0.2, 0.25) is 5.88 Å². The van der Waals surface area contributed by atoms with Gasteiger partial charge in [-0.05, 0) is 20.8 Å². The Labute approximate surface area is 102 Å². The van der Waals surface area contributed by atoms with E-state index in [-0.39, 0.29) is 12.2 Å². The van der Waals surface area contributed by atoms with Crippen molar-refractivity contribution < 1.29 is 14.6 Å². The molecule has 0 saturated heterocycles. The second-order valence-corrected chi connectivity index (χ2v) is 4.47. The minimum Gasteiger partial charge on any atom is -0.477 e. The van der Waals surface area contributed by atoms with E-state index in [1.54, 1.807) is 20.2 Å². The zero-order valence-corrected chi connectivity index (χ0v) is 10.9. The van der Waals surface area contributed by atoms with Crippen molar-refractivity contribution in [1.82, 2.24) is 9.97 Å². The number of aryl methyl sites for hydroxylation is 1. The van der Waals surface area contributed by atoms with E-state index in [9.17, 15) is 0 Å². The summed E-state index contributed by atoms with van der Waals surface area (Å²) in [7, 11) is 1.67. The zero-order valence-electron chi connectivity index (χ0n) is 10.9. The van der Waals surface area contributed by atoms with E-state index in [2.05, 4.69) is 9.97 Å². The molecule has 0 fully saturated rings. The van der Waals surface area contributed by atoms with Crippen LogP contribution in [0.4, 0.5) is 0 Å². The van der Waals surface area contributed by atoms with Crippen LogP contribution in [0, 0.1) is 6.92 Å². The van der Waals surface area contributed by atoms with E-state index in [1.807, 2.05) is 13.8 Å². The van der Waals surface area contributed by atoms with Crippen LogP contribution in [-0.4, -0.2) is 34.4 Å². The molecule has 1 aromatic rings. The quantitative estimate of drug-likeness (QED) is 0.815. The zero-order chi connectivity index (χ0) is 12.9. The molecule has 0 aliphatic carbocycles. The van der Waals surface area contributed by atoms with Gasteiger partial charge in [0.25, 0.3) is 0 Å². The number of aliphatic hydroxyl groups excluding tert-OH is 1. The molecule has 1 rings (SSSR count). The number of methoxy groups -OCH3 is 1. The van der Waals surface area contributed by atoms with Crippen molar-refractivity contribution in [1.29, 1.82) is 0 Å². The normalized spacial score (nSPS) is 11.6. The summed E-state index contributed by atoms with van der Waals surface area (Å²) >= 11 is 0. The van der Waals surface area contributed by atoms with Crippen LogP contribution in [0.3, 0.4) is 0 Å². The molecule has 5 nitrogen and oxygen atoms in total. The molecule has 1 N–H and O–H groups in total. The molecule has 1 aromatic heterocycles. The largest absolute Gasteiger partial charge is 0.477 e. The van der Waals surface area contributed by atoms with E-state index in [0.29, 0.717) is 23.9 Å². The van der Waals surface area contributed by atoms with Crippen LogP contribution in [0.2, 0.25) is 0 Å². The maximum atomic E-state index is 9.13. The highest BCUT2D eigenvalue weighted by molar-refractivity contribution is 5.22. The molecule has 0 atom stereocenters. The summed E-state index contributed by atoms with van der Waals surface area (Å²) in [5.41, 5.74) is 0.382. The maximum Gasteiger partial charge on any atom is 0.222 e. The lowest BCUT2D eigenvalue weighted by Gasteiger charge is -2.22. The fraction of sp³-hybridized carbons (Fsp3) is 0.667. The number of aromatic nitrogens is 2. The smallest absolute Gasteiger partial charge is 0.222 e. The van der Waals surface area contributed by atoms with Crippen LogP contribution < -0.4 is 4.74 Å². The molecule has 0 unspecified atom stereocenters. The highest BCUT2D eigenvalue weighted by atomic mass is 16.5. The third kappa shape index (κ3) is 4.28. The SMILES string of the molecule is COC(C)(C)CCOc1nc(C)ncc1CO. The van der Waals surface area contributed by atoms with Crippen molar-refractivity contribution in [2.24, 2.45) is 0 Å². The predicted molar refractivity (Wildman–Crippen MR) is 63.9 cm³/mol. The van der Waals surface area contributed by atoms with Crippen LogP contribution in [-0.2, 0) is 11.3 Å². The second kappa shape index (κ2) is 5.93. The average molecular weight is 240 g/mol. The first-order valence-corrected chi connectivity index (χ1v) is 5.60. The minimum atomic E-state index is -0.221. The Morgan fingerprint density at radius 1 is 1.41 bits per heavy atom. The van der Waals surface area contributed by atoms with Crippen molar-refractivity contribution >= 4 is 0 Å². The Kier molecular flexibility index (Phi) is 4.84. The van der Waals surface area contributed by atoms with E-state index in [1.165, 1.54) is 0 Å². The van der Waals surface area contributed by atoms with Crippen LogP contribution in [0.25, 0.3) is 0 Å². The van der Waals surface area contributed by atoms with Gasteiger partial charge in [0, 0.05) is 19.7 Å². The van der Waals surface area contributed by atoms with E-state index in [4.69, 9.17) is 14.6 Å². The molecule has 17 heavy (non-hydrogen) atoms. The third-order valence-electron chi connectivity index (χ3n) is 2.61. The predicted octanol–water partition coefficient (Wildman–Crippen LogP) is 1.47. The maximum absolute atomic E-state index is 9.13. The first-order chi connectivity index (χ1) is 7.98. The van der Waals surface area contributed by atoms with E-state index >= 15 is 0 Å². The lowest BCUT2D eigenvalue weighted by molar-refractivity contribution is 0.00489. The van der Waals surface area contributed by atoms with Crippen molar-refractivity contribution in [3.05, 3.63) is 17.6 Å². The van der Waals surface area contributed by atoms with Gasteiger partial charge < -0.3 is 14.6 Å². The molecule has 5 heteroatoms. The summed E-state index contributed by atoms with van der Waals surface area (Å²) in [6.07, 6.45) is 2.33. The van der Waals surface area contributed by atoms with Crippen LogP contribution in [0.15, 0.2) is 6.20 Å². The molecule has 96 valence electrons. The van der Waals surface area contributed by atoms with Gasteiger partial charge in [-0.25, -0.2) is 4.98 Å². The number of hydrogen-bond acceptors (Lipinski definition) is 5. The number of ether oxygens (including phenoxy) is 2. The highest BCUT2D eigenvalue weighted by Gasteiger charge is 2.16. The molecule has 0 radical (unpaired) electrons. The summed E-state index contributed by atoms with van der Waals surface area (Å²) in [5, 5.41) is 9.13. The first-order valence-electron chi connectivity index (χ1n) is 5.60. The molecular formula is C12H20N2O3. The van der Waals surface area contributed by atoms with Gasteiger partial charge in [0.1, 0.15) is 5.82 Å². The lowest BCUT2D eigenvalue weighted by atomic mass is 10.1. The standard InChI is InChI=1S/C12H20N2O3/c1-9-13-7-10(8-15)11(14-9)17-6-5-12(2,3)16-4/h7,15H,5-6,8H2,1-4H3. The van der Waals surface area contributed by atoms with Gasteiger partial charge in [-0.1, -0.05) is 0 Å². The Morgan fingerprint density at radius 2 is 2.12 bits per heavy atom. The Hall–Kier alpha value is -1.20. The fourth-order valence-electron chi connectivity index (χ4n) is 1.20. The highest BCUT2D eigenvalue weighted by Crippen LogP contribution is 2.17. The van der Waals surface area contributed by atoms with Gasteiger partial charge in [-0.15, -0.1) is 0 Å². The number of nitrogens with zero attached hydrogens (tertiary/aromatic N) is 2. The molecule has 0 amide bonds. The Bertz CT molecular complexity index is 367. The van der Waals surface area contributed by atoms with Gasteiger partial charge in [-0.3, -0.25) is 0 Å². The topological polar surface area (TPSA) is 64.5 Å². The molecular weight excluding hydrogens is 220 g/mol. The fourth-order valence-corrected chi connectivity index (χ4v) is 1.20. The van der Waals surface area contributed by atoms with Crippen LogP contribution in [0.5, 0.6) is 5.88 Å². The molecule has 1 heterocycles. The third-order valence-corrected chi connectivity index (χ3v) is 2.61. The number of aliphatic hydroxyl groups is 1. The molecule has 0 saturated carbocycles. The van der Waals surface area contributed by atoms with Gasteiger partial charge in [-0.2, -0.15) is 4.98 Å². The minimum absolute atomic E-state index is 0.122. The van der Waals surface area contributed by atoms with Crippen LogP contribution >= 0.6 is 0 Å². The van der Waals surface area contributed by atoms with Crippen LogP contribution in [0.1, 0.15) is 31.7 Å². The second-order valence-electron chi connectivity index (χ2n) is 4.47. The average Bonchev–Trinajstić information content (AvgIpc) is 2.29. The number of rotatable bonds is 6. The molecule has 0 aromatic carbocycles. The monoisotopic (exact) mass is 240 g/mol. The summed E-state index contributed by atoms with van der Waals surface area (Å²) in [6, 6.07) is 0. The summed E-state index contributed by atoms with van der Waals surface area (Å²) < 4.78 is 10.8. The van der Waals surface area contributed by atoms with Gasteiger partial charge in [0.05, 0.1) is 24.4 Å².